The number of aromatic nitrogens is 3. The van der Waals surface area contributed by atoms with Crippen molar-refractivity contribution in [3.8, 4) is 0 Å². The average Bonchev–Trinajstić information content (AvgIpc) is 3.17. The molecule has 0 aromatic carbocycles. The molecule has 0 spiro atoms. The summed E-state index contributed by atoms with van der Waals surface area (Å²) in [6.07, 6.45) is 2.50. The lowest BCUT2D eigenvalue weighted by molar-refractivity contribution is 0.166. The number of hydrogen-bond donors (Lipinski definition) is 0. The minimum Gasteiger partial charge on any atom is -0.325 e. The van der Waals surface area contributed by atoms with Crippen LogP contribution in [-0.4, -0.2) is 56.1 Å². The van der Waals surface area contributed by atoms with Crippen molar-refractivity contribution in [2.75, 3.05) is 26.2 Å². The molecule has 0 aliphatic carbocycles. The predicted octanol–water partition coefficient (Wildman–Crippen LogP) is 1.93. The third kappa shape index (κ3) is 2.57. The van der Waals surface area contributed by atoms with Crippen LogP contribution in [0.4, 0.5) is 4.79 Å². The van der Waals surface area contributed by atoms with Crippen LogP contribution < -0.4 is 5.69 Å². The highest BCUT2D eigenvalue weighted by Crippen LogP contribution is 2.24. The van der Waals surface area contributed by atoms with E-state index in [4.69, 9.17) is 0 Å². The molecule has 0 radical (unpaired) electrons. The lowest BCUT2D eigenvalue weighted by atomic mass is 10.2. The van der Waals surface area contributed by atoms with E-state index in [1.54, 1.807) is 15.3 Å². The zero-order valence-electron chi connectivity index (χ0n) is 14.6. The number of rotatable bonds is 4. The summed E-state index contributed by atoms with van der Waals surface area (Å²) in [5.41, 5.74) is 1.54. The Balaban J connectivity index is 1.92. The number of likely N-dealkylation sites (tertiary alicyclic amines) is 1. The molecule has 7 heteroatoms. The molecule has 0 N–H and O–H groups in total. The molecule has 1 aliphatic rings. The lowest BCUT2D eigenvalue weighted by Gasteiger charge is -2.26. The number of nitrogens with zero attached hydrogens (tertiary/aromatic N) is 5. The fraction of sp³-hybridized carbons (Fsp3) is 0.588. The molecule has 24 heavy (non-hydrogen) atoms. The number of imidazole rings is 1. The van der Waals surface area contributed by atoms with Gasteiger partial charge in [-0.1, -0.05) is 0 Å². The second-order valence-electron chi connectivity index (χ2n) is 6.09. The van der Waals surface area contributed by atoms with E-state index in [1.165, 1.54) is 0 Å². The monoisotopic (exact) mass is 331 g/mol. The first-order valence-electron chi connectivity index (χ1n) is 8.71. The van der Waals surface area contributed by atoms with Gasteiger partial charge in [0.2, 0.25) is 0 Å². The molecule has 130 valence electrons. The summed E-state index contributed by atoms with van der Waals surface area (Å²) >= 11 is 0. The Morgan fingerprint density at radius 2 is 2.08 bits per heavy atom. The zero-order chi connectivity index (χ0) is 17.3. The fourth-order valence-corrected chi connectivity index (χ4v) is 3.56. The van der Waals surface area contributed by atoms with Crippen LogP contribution in [0.5, 0.6) is 0 Å². The van der Waals surface area contributed by atoms with Crippen LogP contribution in [0.2, 0.25) is 0 Å². The number of amides is 2. The number of hydrogen-bond acceptors (Lipinski definition) is 3. The molecule has 0 unspecified atom stereocenters. The van der Waals surface area contributed by atoms with E-state index in [-0.39, 0.29) is 17.8 Å². The molecular formula is C17H25N5O2. The highest BCUT2D eigenvalue weighted by atomic mass is 16.2. The van der Waals surface area contributed by atoms with E-state index in [9.17, 15) is 9.59 Å². The largest absolute Gasteiger partial charge is 0.330 e. The molecule has 2 aromatic rings. The molecule has 1 atom stereocenters. The second kappa shape index (κ2) is 6.67. The van der Waals surface area contributed by atoms with Gasteiger partial charge in [-0.15, -0.1) is 0 Å². The number of carbonyl (C=O) groups excluding carboxylic acids is 1. The third-order valence-corrected chi connectivity index (χ3v) is 4.87. The van der Waals surface area contributed by atoms with Crippen molar-refractivity contribution in [2.24, 2.45) is 0 Å². The number of aryl methyl sites for hydroxylation is 1. The van der Waals surface area contributed by atoms with Crippen LogP contribution >= 0.6 is 0 Å². The normalized spacial score (nSPS) is 17.6. The van der Waals surface area contributed by atoms with Crippen molar-refractivity contribution in [1.29, 1.82) is 0 Å². The first kappa shape index (κ1) is 16.5. The number of fused-ring (bicyclic) bond motifs is 1. The van der Waals surface area contributed by atoms with Gasteiger partial charge in [0.25, 0.3) is 0 Å². The predicted molar refractivity (Wildman–Crippen MR) is 93.2 cm³/mol. The molecule has 0 bridgehead atoms. The van der Waals surface area contributed by atoms with Gasteiger partial charge < -0.3 is 9.80 Å². The van der Waals surface area contributed by atoms with Crippen LogP contribution in [0.3, 0.4) is 0 Å². The van der Waals surface area contributed by atoms with Crippen molar-refractivity contribution in [1.82, 2.24) is 23.9 Å². The fourth-order valence-electron chi connectivity index (χ4n) is 3.56. The summed E-state index contributed by atoms with van der Waals surface area (Å²) in [6.45, 7) is 9.19. The third-order valence-electron chi connectivity index (χ3n) is 4.87. The Bertz CT molecular complexity index is 790. The number of carbonyl (C=O) groups is 1. The molecule has 2 amide bonds. The van der Waals surface area contributed by atoms with Gasteiger partial charge in [0.05, 0.1) is 11.6 Å². The van der Waals surface area contributed by atoms with Crippen LogP contribution in [-0.2, 0) is 6.54 Å². The molecular weight excluding hydrogens is 306 g/mol. The first-order chi connectivity index (χ1) is 11.6. The molecule has 0 saturated carbocycles. The van der Waals surface area contributed by atoms with E-state index in [0.717, 1.165) is 11.9 Å². The number of urea groups is 1. The van der Waals surface area contributed by atoms with Gasteiger partial charge in [0.1, 0.15) is 0 Å². The molecule has 7 nitrogen and oxygen atoms in total. The van der Waals surface area contributed by atoms with Crippen molar-refractivity contribution in [3.63, 3.8) is 0 Å². The van der Waals surface area contributed by atoms with Gasteiger partial charge in [-0.2, -0.15) is 0 Å². The van der Waals surface area contributed by atoms with Gasteiger partial charge >= 0.3 is 11.7 Å². The Hall–Kier alpha value is -2.31. The summed E-state index contributed by atoms with van der Waals surface area (Å²) in [5.74, 6) is 0. The molecule has 2 aromatic heterocycles. The standard InChI is InChI=1S/C17H25N5O2/c1-4-19(5-2)16(23)20-11-9-13(12-20)22-15-14(8-7-10-18-15)21(6-3)17(22)24/h7-8,10,13H,4-6,9,11-12H2,1-3H3/t13-/m1/s1. The highest BCUT2D eigenvalue weighted by molar-refractivity contribution is 5.75. The van der Waals surface area contributed by atoms with Crippen LogP contribution in [0.1, 0.15) is 33.2 Å². The van der Waals surface area contributed by atoms with Gasteiger partial charge in [0, 0.05) is 38.9 Å². The average molecular weight is 331 g/mol. The summed E-state index contributed by atoms with van der Waals surface area (Å²) in [6, 6.07) is 3.82. The molecule has 1 aliphatic heterocycles. The maximum absolute atomic E-state index is 12.8. The summed E-state index contributed by atoms with van der Waals surface area (Å²) in [7, 11) is 0. The zero-order valence-corrected chi connectivity index (χ0v) is 14.6. The van der Waals surface area contributed by atoms with E-state index in [0.29, 0.717) is 38.4 Å². The van der Waals surface area contributed by atoms with E-state index in [2.05, 4.69) is 4.98 Å². The maximum Gasteiger partial charge on any atom is 0.330 e. The Morgan fingerprint density at radius 1 is 1.33 bits per heavy atom. The minimum atomic E-state index is -0.0339. The van der Waals surface area contributed by atoms with Gasteiger partial charge in [-0.05, 0) is 39.3 Å². The summed E-state index contributed by atoms with van der Waals surface area (Å²) in [5, 5.41) is 0. The molecule has 3 heterocycles. The van der Waals surface area contributed by atoms with Crippen LogP contribution in [0, 0.1) is 0 Å². The molecule has 1 fully saturated rings. The number of pyridine rings is 1. The van der Waals surface area contributed by atoms with Crippen LogP contribution in [0.15, 0.2) is 23.1 Å². The van der Waals surface area contributed by atoms with E-state index < -0.39 is 0 Å². The van der Waals surface area contributed by atoms with E-state index >= 15 is 0 Å². The highest BCUT2D eigenvalue weighted by Gasteiger charge is 2.32. The van der Waals surface area contributed by atoms with Crippen molar-refractivity contribution < 1.29 is 4.79 Å². The first-order valence-corrected chi connectivity index (χ1v) is 8.71. The van der Waals surface area contributed by atoms with Crippen molar-refractivity contribution in [3.05, 3.63) is 28.8 Å². The quantitative estimate of drug-likeness (QED) is 0.860. The summed E-state index contributed by atoms with van der Waals surface area (Å²) in [4.78, 5) is 33.4. The molecule has 3 rings (SSSR count). The minimum absolute atomic E-state index is 0.0118. The Morgan fingerprint density at radius 3 is 2.75 bits per heavy atom. The van der Waals surface area contributed by atoms with Crippen molar-refractivity contribution >= 4 is 17.2 Å². The van der Waals surface area contributed by atoms with Crippen LogP contribution in [0.25, 0.3) is 11.2 Å². The van der Waals surface area contributed by atoms with Gasteiger partial charge in [-0.25, -0.2) is 14.6 Å². The summed E-state index contributed by atoms with van der Waals surface area (Å²) < 4.78 is 3.52. The topological polar surface area (TPSA) is 63.4 Å². The van der Waals surface area contributed by atoms with E-state index in [1.807, 2.05) is 42.7 Å². The lowest BCUT2D eigenvalue weighted by Crippen LogP contribution is -2.42. The van der Waals surface area contributed by atoms with Gasteiger partial charge in [0.15, 0.2) is 5.65 Å². The smallest absolute Gasteiger partial charge is 0.325 e. The van der Waals surface area contributed by atoms with Gasteiger partial charge in [-0.3, -0.25) is 9.13 Å². The maximum atomic E-state index is 12.8. The molecule has 1 saturated heterocycles. The van der Waals surface area contributed by atoms with Crippen molar-refractivity contribution in [2.45, 2.75) is 39.8 Å². The Labute approximate surface area is 141 Å². The Kier molecular flexibility index (Phi) is 4.59. The second-order valence-corrected chi connectivity index (χ2v) is 6.09. The SMILES string of the molecule is CCN(CC)C(=O)N1CC[C@@H](n2c(=O)n(CC)c3cccnc32)C1.